The largest absolute Gasteiger partial charge is 0.0907 e. The summed E-state index contributed by atoms with van der Waals surface area (Å²) in [6, 6.07) is 0. The van der Waals surface area contributed by atoms with Crippen LogP contribution < -0.4 is 0 Å². The van der Waals surface area contributed by atoms with Gasteiger partial charge in [0, 0.05) is 0 Å². The first-order valence-corrected chi connectivity index (χ1v) is 10.2. The average molecular weight is 286 g/mol. The third kappa shape index (κ3) is 2.62. The molecule has 2 aliphatic heterocycles. The lowest BCUT2D eigenvalue weighted by molar-refractivity contribution is 0.777. The Morgan fingerprint density at radius 2 is 1.06 bits per heavy atom. The summed E-state index contributed by atoms with van der Waals surface area (Å²) in [6.45, 7) is 12.7. The molecule has 0 aliphatic carbocycles. The molecule has 0 spiro atoms. The zero-order chi connectivity index (χ0) is 14.9. The molecule has 102 valence electrons. The van der Waals surface area contributed by atoms with E-state index in [1.54, 1.807) is 13.1 Å². The fourth-order valence-corrected chi connectivity index (χ4v) is 10.2. The fourth-order valence-electron chi connectivity index (χ4n) is 3.60. The topological polar surface area (TPSA) is 0 Å². The van der Waals surface area contributed by atoms with Crippen molar-refractivity contribution in [1.29, 1.82) is 0 Å². The summed E-state index contributed by atoms with van der Waals surface area (Å²) in [5.74, 6) is 0. The molecule has 2 heterocycles. The van der Waals surface area contributed by atoms with Crippen molar-refractivity contribution in [3.8, 4) is 0 Å². The SMILES string of the molecule is [3H]C=C(C(=C[3H])P1C(C)CCC1C)P1C(C)CCC1C. The molecule has 0 nitrogen and oxygen atoms in total. The Kier molecular flexibility index (Phi) is 3.88. The monoisotopic (exact) mass is 286 g/mol. The van der Waals surface area contributed by atoms with Crippen molar-refractivity contribution in [2.75, 3.05) is 0 Å². The molecule has 4 atom stereocenters. The molecular weight excluding hydrogens is 254 g/mol. The summed E-state index contributed by atoms with van der Waals surface area (Å²) >= 11 is 0. The predicted octanol–water partition coefficient (Wildman–Crippen LogP) is 6.12. The summed E-state index contributed by atoms with van der Waals surface area (Å²) in [5.41, 5.74) is 2.93. The van der Waals surface area contributed by atoms with Gasteiger partial charge in [-0.25, -0.2) is 0 Å². The Balaban J connectivity index is 2.30. The molecule has 0 amide bonds. The van der Waals surface area contributed by atoms with Gasteiger partial charge in [-0.05, 0) is 58.9 Å². The zero-order valence-corrected chi connectivity index (χ0v) is 14.0. The van der Waals surface area contributed by atoms with Crippen LogP contribution in [0.5, 0.6) is 0 Å². The third-order valence-electron chi connectivity index (χ3n) is 4.72. The highest BCUT2D eigenvalue weighted by molar-refractivity contribution is 7.69. The molecular formula is C16H28P2. The van der Waals surface area contributed by atoms with E-state index in [2.05, 4.69) is 27.7 Å². The van der Waals surface area contributed by atoms with E-state index in [1.807, 2.05) is 0 Å². The van der Waals surface area contributed by atoms with Crippen LogP contribution in [-0.4, -0.2) is 22.6 Å². The molecule has 4 unspecified atom stereocenters. The summed E-state index contributed by atoms with van der Waals surface area (Å²) in [5, 5.41) is 2.53. The molecule has 0 radical (unpaired) electrons. The minimum atomic E-state index is -0.229. The molecule has 0 N–H and O–H groups in total. The Labute approximate surface area is 119 Å². The van der Waals surface area contributed by atoms with Crippen molar-refractivity contribution >= 4 is 15.8 Å². The van der Waals surface area contributed by atoms with Crippen molar-refractivity contribution in [1.82, 2.24) is 0 Å². The third-order valence-corrected chi connectivity index (χ3v) is 11.3. The lowest BCUT2D eigenvalue weighted by Gasteiger charge is -2.31. The summed E-state index contributed by atoms with van der Waals surface area (Å²) < 4.78 is 15.9. The van der Waals surface area contributed by atoms with Gasteiger partial charge in [0.15, 0.2) is 0 Å². The fraction of sp³-hybridized carbons (Fsp3) is 0.750. The predicted molar refractivity (Wildman–Crippen MR) is 88.4 cm³/mol. The van der Waals surface area contributed by atoms with E-state index >= 15 is 0 Å². The smallest absolute Gasteiger partial charge is 0.0545 e. The highest BCUT2D eigenvalue weighted by Gasteiger charge is 2.38. The van der Waals surface area contributed by atoms with Gasteiger partial charge in [0.25, 0.3) is 0 Å². The van der Waals surface area contributed by atoms with Gasteiger partial charge in [0.05, 0.1) is 2.74 Å². The molecule has 0 aromatic heterocycles. The lowest BCUT2D eigenvalue weighted by Crippen LogP contribution is -2.04. The number of hydrogen-bond donors (Lipinski definition) is 0. The minimum Gasteiger partial charge on any atom is -0.0907 e. The Morgan fingerprint density at radius 1 is 0.778 bits per heavy atom. The standard InChI is InChI=1S/C16H28P2/c1-11-7-8-12(2)17(11)15(5)16(6)18-13(3)9-10-14(18)4/h11-14H,5-10H2,1-4H3/i5T,6T. The summed E-state index contributed by atoms with van der Waals surface area (Å²) in [6.07, 6.45) is 5.22. The Morgan fingerprint density at radius 3 is 1.28 bits per heavy atom. The van der Waals surface area contributed by atoms with Gasteiger partial charge in [0.1, 0.15) is 0 Å². The van der Waals surface area contributed by atoms with Crippen LogP contribution >= 0.6 is 15.8 Å². The summed E-state index contributed by atoms with van der Waals surface area (Å²) in [4.78, 5) is 0. The van der Waals surface area contributed by atoms with Gasteiger partial charge >= 0.3 is 0 Å². The van der Waals surface area contributed by atoms with Crippen LogP contribution in [0.3, 0.4) is 0 Å². The number of hydrogen-bond acceptors (Lipinski definition) is 0. The van der Waals surface area contributed by atoms with E-state index in [9.17, 15) is 0 Å². The van der Waals surface area contributed by atoms with Crippen LogP contribution in [0.15, 0.2) is 23.7 Å². The van der Waals surface area contributed by atoms with E-state index in [1.165, 1.54) is 36.3 Å². The molecule has 2 aliphatic rings. The molecule has 18 heavy (non-hydrogen) atoms. The first-order valence-electron chi connectivity index (χ1n) is 8.40. The van der Waals surface area contributed by atoms with Crippen molar-refractivity contribution in [3.05, 3.63) is 23.7 Å². The van der Waals surface area contributed by atoms with E-state index in [-0.39, 0.29) is 15.8 Å². The zero-order valence-electron chi connectivity index (χ0n) is 14.2. The Bertz CT molecular complexity index is 347. The molecule has 0 aromatic carbocycles. The van der Waals surface area contributed by atoms with Gasteiger partial charge in [-0.3, -0.25) is 0 Å². The van der Waals surface area contributed by atoms with Gasteiger partial charge in [-0.15, -0.1) is 0 Å². The van der Waals surface area contributed by atoms with Gasteiger partial charge in [-0.1, -0.05) is 56.6 Å². The van der Waals surface area contributed by atoms with E-state index < -0.39 is 0 Å². The first-order chi connectivity index (χ1) is 9.51. The normalized spacial score (nSPS) is 48.2. The van der Waals surface area contributed by atoms with Crippen molar-refractivity contribution in [2.24, 2.45) is 0 Å². The highest BCUT2D eigenvalue weighted by atomic mass is 31.1. The van der Waals surface area contributed by atoms with Crippen LogP contribution in [0.25, 0.3) is 0 Å². The maximum absolute atomic E-state index is 7.97. The van der Waals surface area contributed by atoms with E-state index in [0.717, 1.165) is 22.6 Å². The van der Waals surface area contributed by atoms with Crippen LogP contribution in [0.1, 0.15) is 56.1 Å². The lowest BCUT2D eigenvalue weighted by atomic mass is 10.2. The second kappa shape index (κ2) is 5.76. The highest BCUT2D eigenvalue weighted by Crippen LogP contribution is 2.70. The van der Waals surface area contributed by atoms with Gasteiger partial charge in [0.2, 0.25) is 0 Å². The molecule has 2 fully saturated rings. The minimum absolute atomic E-state index is 0.229. The van der Waals surface area contributed by atoms with Crippen molar-refractivity contribution in [2.45, 2.75) is 76.0 Å². The molecule has 0 saturated carbocycles. The maximum atomic E-state index is 7.97. The van der Waals surface area contributed by atoms with Crippen molar-refractivity contribution < 1.29 is 2.74 Å². The number of allylic oxidation sites excluding steroid dienone is 2. The van der Waals surface area contributed by atoms with Crippen LogP contribution in [0, 0.1) is 0 Å². The molecule has 2 saturated heterocycles. The second-order valence-corrected chi connectivity index (χ2v) is 12.3. The molecule has 2 heteroatoms. The van der Waals surface area contributed by atoms with Crippen LogP contribution in [-0.2, 0) is 0 Å². The summed E-state index contributed by atoms with van der Waals surface area (Å²) in [7, 11) is -0.458. The average Bonchev–Trinajstić information content (AvgIpc) is 2.92. The van der Waals surface area contributed by atoms with Gasteiger partial charge < -0.3 is 0 Å². The van der Waals surface area contributed by atoms with Crippen LogP contribution in [0.4, 0.5) is 0 Å². The number of rotatable bonds is 3. The Hall–Kier alpha value is 0.340. The van der Waals surface area contributed by atoms with Crippen molar-refractivity contribution in [3.63, 3.8) is 0 Å². The quantitative estimate of drug-likeness (QED) is 0.433. The second-order valence-electron chi connectivity index (χ2n) is 6.14. The van der Waals surface area contributed by atoms with Gasteiger partial charge in [-0.2, -0.15) is 0 Å². The maximum Gasteiger partial charge on any atom is 0.0545 e. The van der Waals surface area contributed by atoms with E-state index in [4.69, 9.17) is 2.74 Å². The molecule has 0 bridgehead atoms. The van der Waals surface area contributed by atoms with E-state index in [0.29, 0.717) is 0 Å². The first kappa shape index (κ1) is 12.1. The molecule has 2 rings (SSSR count). The van der Waals surface area contributed by atoms with Crippen LogP contribution in [0.2, 0.25) is 0 Å². The molecule has 0 aromatic rings.